The molecule has 1 aliphatic carbocycles. The average molecular weight is 444 g/mol. The number of hydrogen-bond donors (Lipinski definition) is 3. The van der Waals surface area contributed by atoms with E-state index in [-0.39, 0.29) is 18.4 Å². The van der Waals surface area contributed by atoms with Crippen LogP contribution in [-0.2, 0) is 24.0 Å². The van der Waals surface area contributed by atoms with Gasteiger partial charge in [-0.3, -0.25) is 9.59 Å². The van der Waals surface area contributed by atoms with Crippen molar-refractivity contribution in [2.24, 2.45) is 11.8 Å². The minimum atomic E-state index is -0.642. The van der Waals surface area contributed by atoms with E-state index >= 15 is 0 Å². The predicted octanol–water partition coefficient (Wildman–Crippen LogP) is 3.71. The summed E-state index contributed by atoms with van der Waals surface area (Å²) < 4.78 is 18.3. The molecule has 1 aromatic carbocycles. The van der Waals surface area contributed by atoms with E-state index in [9.17, 15) is 14.0 Å². The first-order valence-corrected chi connectivity index (χ1v) is 11.9. The molecule has 0 spiro atoms. The number of carbonyl (C=O) groups is 2. The van der Waals surface area contributed by atoms with Gasteiger partial charge in [0, 0.05) is 43.4 Å². The molecule has 1 aliphatic heterocycles. The molecule has 1 unspecified atom stereocenters. The molecule has 174 valence electrons. The van der Waals surface area contributed by atoms with Crippen molar-refractivity contribution in [2.45, 2.75) is 51.9 Å². The minimum Gasteiger partial charge on any atom is -0.381 e. The number of hydrogen-bond acceptors (Lipinski definition) is 3. The first-order valence-electron chi connectivity index (χ1n) is 11.9. The number of fused-ring (bicyclic) bond motifs is 3. The lowest BCUT2D eigenvalue weighted by Crippen LogP contribution is -2.30. The van der Waals surface area contributed by atoms with Gasteiger partial charge in [0.25, 0.3) is 11.8 Å². The lowest BCUT2D eigenvalue weighted by Gasteiger charge is -2.33. The Morgan fingerprint density at radius 1 is 1.19 bits per heavy atom. The maximum absolute atomic E-state index is 13.0. The molecule has 4 rings (SSSR count). The van der Waals surface area contributed by atoms with E-state index in [0.29, 0.717) is 29.4 Å². The SMILES string of the molecule is CCCc1c(C(=O)NCCF)c(C(=O)NC)cc2c3c([nH]c12)CCC(C1CCOCC1)C3. The molecule has 6 nitrogen and oxygen atoms in total. The molecule has 2 aliphatic rings. The van der Waals surface area contributed by atoms with Gasteiger partial charge in [0.05, 0.1) is 11.1 Å². The Morgan fingerprint density at radius 2 is 1.97 bits per heavy atom. The van der Waals surface area contributed by atoms with Crippen molar-refractivity contribution < 1.29 is 18.7 Å². The molecule has 1 aromatic heterocycles. The lowest BCUT2D eigenvalue weighted by molar-refractivity contribution is 0.0439. The van der Waals surface area contributed by atoms with E-state index in [0.717, 1.165) is 68.2 Å². The summed E-state index contributed by atoms with van der Waals surface area (Å²) in [6.45, 7) is 3.05. The van der Waals surface area contributed by atoms with Crippen LogP contribution >= 0.6 is 0 Å². The standard InChI is InChI=1S/C25H34FN3O3/c1-3-4-17-22(25(31)28-10-9-26)20(24(30)27-2)14-19-18-13-16(15-7-11-32-12-8-15)5-6-21(18)29-23(17)19/h14-16,29H,3-13H2,1-2H3,(H,27,30)(H,28,31). The summed E-state index contributed by atoms with van der Waals surface area (Å²) >= 11 is 0. The molecule has 32 heavy (non-hydrogen) atoms. The van der Waals surface area contributed by atoms with E-state index < -0.39 is 6.67 Å². The number of carbonyl (C=O) groups excluding carboxylic acids is 2. The number of amides is 2. The molecule has 0 saturated carbocycles. The van der Waals surface area contributed by atoms with Crippen molar-refractivity contribution in [2.75, 3.05) is 33.5 Å². The van der Waals surface area contributed by atoms with Gasteiger partial charge < -0.3 is 20.4 Å². The number of ether oxygens (including phenoxy) is 1. The Hall–Kier alpha value is -2.41. The van der Waals surface area contributed by atoms with Crippen molar-refractivity contribution >= 4 is 22.7 Å². The zero-order chi connectivity index (χ0) is 22.7. The Labute approximate surface area is 188 Å². The van der Waals surface area contributed by atoms with Gasteiger partial charge in [0.1, 0.15) is 6.67 Å². The molecule has 2 aromatic rings. The van der Waals surface area contributed by atoms with Gasteiger partial charge in [-0.25, -0.2) is 4.39 Å². The van der Waals surface area contributed by atoms with Crippen LogP contribution in [-0.4, -0.2) is 50.3 Å². The zero-order valence-electron chi connectivity index (χ0n) is 19.1. The summed E-state index contributed by atoms with van der Waals surface area (Å²) in [6.07, 6.45) is 6.87. The number of nitrogens with one attached hydrogen (secondary N) is 3. The Bertz CT molecular complexity index is 994. The highest BCUT2D eigenvalue weighted by atomic mass is 19.1. The smallest absolute Gasteiger partial charge is 0.252 e. The summed E-state index contributed by atoms with van der Waals surface area (Å²) in [5.74, 6) is 0.623. The summed E-state index contributed by atoms with van der Waals surface area (Å²) in [5, 5.41) is 6.36. The van der Waals surface area contributed by atoms with Crippen LogP contribution in [0.1, 0.15) is 70.1 Å². The van der Waals surface area contributed by atoms with Gasteiger partial charge in [0.2, 0.25) is 0 Å². The predicted molar refractivity (Wildman–Crippen MR) is 123 cm³/mol. The second kappa shape index (κ2) is 10.0. The van der Waals surface area contributed by atoms with Crippen LogP contribution in [0.15, 0.2) is 6.07 Å². The molecule has 0 radical (unpaired) electrons. The number of H-pyrrole nitrogens is 1. The Balaban J connectivity index is 1.82. The van der Waals surface area contributed by atoms with Gasteiger partial charge in [-0.15, -0.1) is 0 Å². The highest BCUT2D eigenvalue weighted by Crippen LogP contribution is 2.40. The number of rotatable bonds is 7. The monoisotopic (exact) mass is 443 g/mol. The molecule has 7 heteroatoms. The van der Waals surface area contributed by atoms with E-state index in [1.165, 1.54) is 11.3 Å². The van der Waals surface area contributed by atoms with E-state index in [2.05, 4.69) is 22.5 Å². The number of halogens is 1. The van der Waals surface area contributed by atoms with Gasteiger partial charge in [-0.1, -0.05) is 13.3 Å². The number of alkyl halides is 1. The first-order chi connectivity index (χ1) is 15.6. The number of aromatic nitrogens is 1. The third-order valence-electron chi connectivity index (χ3n) is 7.14. The number of benzene rings is 1. The quantitative estimate of drug-likeness (QED) is 0.610. The van der Waals surface area contributed by atoms with Crippen LogP contribution in [0.3, 0.4) is 0 Å². The van der Waals surface area contributed by atoms with Crippen LogP contribution in [0.4, 0.5) is 4.39 Å². The van der Waals surface area contributed by atoms with Crippen LogP contribution < -0.4 is 10.6 Å². The Morgan fingerprint density at radius 3 is 2.66 bits per heavy atom. The second-order valence-corrected chi connectivity index (χ2v) is 9.01. The van der Waals surface area contributed by atoms with Crippen molar-refractivity contribution in [1.29, 1.82) is 0 Å². The second-order valence-electron chi connectivity index (χ2n) is 9.01. The summed E-state index contributed by atoms with van der Waals surface area (Å²) in [7, 11) is 1.57. The fraction of sp³-hybridized carbons (Fsp3) is 0.600. The number of aryl methyl sites for hydroxylation is 2. The van der Waals surface area contributed by atoms with Gasteiger partial charge >= 0.3 is 0 Å². The highest BCUT2D eigenvalue weighted by Gasteiger charge is 2.32. The van der Waals surface area contributed by atoms with Gasteiger partial charge in [-0.2, -0.15) is 0 Å². The van der Waals surface area contributed by atoms with Crippen LogP contribution in [0.25, 0.3) is 10.9 Å². The average Bonchev–Trinajstić information content (AvgIpc) is 3.20. The van der Waals surface area contributed by atoms with E-state index in [4.69, 9.17) is 4.74 Å². The largest absolute Gasteiger partial charge is 0.381 e. The summed E-state index contributed by atoms with van der Waals surface area (Å²) in [6, 6.07) is 1.87. The van der Waals surface area contributed by atoms with Crippen molar-refractivity contribution in [3.05, 3.63) is 34.0 Å². The fourth-order valence-corrected chi connectivity index (χ4v) is 5.56. The van der Waals surface area contributed by atoms with Crippen LogP contribution in [0.2, 0.25) is 0 Å². The maximum Gasteiger partial charge on any atom is 0.252 e. The van der Waals surface area contributed by atoms with Gasteiger partial charge in [0.15, 0.2) is 0 Å². The molecular formula is C25H34FN3O3. The molecule has 1 atom stereocenters. The van der Waals surface area contributed by atoms with Crippen LogP contribution in [0, 0.1) is 11.8 Å². The lowest BCUT2D eigenvalue weighted by atomic mass is 9.75. The molecule has 2 heterocycles. The molecule has 1 saturated heterocycles. The normalized spacial score (nSPS) is 19.0. The zero-order valence-corrected chi connectivity index (χ0v) is 19.1. The van der Waals surface area contributed by atoms with Crippen molar-refractivity contribution in [3.8, 4) is 0 Å². The molecular weight excluding hydrogens is 409 g/mol. The Kier molecular flexibility index (Phi) is 7.13. The molecule has 1 fully saturated rings. The highest BCUT2D eigenvalue weighted by molar-refractivity contribution is 6.12. The molecule has 3 N–H and O–H groups in total. The van der Waals surface area contributed by atoms with Crippen molar-refractivity contribution in [1.82, 2.24) is 15.6 Å². The molecule has 2 amide bonds. The maximum atomic E-state index is 13.0. The third kappa shape index (κ3) is 4.27. The number of aromatic amines is 1. The third-order valence-corrected chi connectivity index (χ3v) is 7.14. The van der Waals surface area contributed by atoms with Crippen LogP contribution in [0.5, 0.6) is 0 Å². The van der Waals surface area contributed by atoms with Gasteiger partial charge in [-0.05, 0) is 67.6 Å². The summed E-state index contributed by atoms with van der Waals surface area (Å²) in [4.78, 5) is 29.4. The van der Waals surface area contributed by atoms with E-state index in [1.807, 2.05) is 6.07 Å². The minimum absolute atomic E-state index is 0.0658. The topological polar surface area (TPSA) is 83.2 Å². The summed E-state index contributed by atoms with van der Waals surface area (Å²) in [5.41, 5.74) is 5.08. The van der Waals surface area contributed by atoms with Crippen molar-refractivity contribution in [3.63, 3.8) is 0 Å². The fourth-order valence-electron chi connectivity index (χ4n) is 5.56. The molecule has 0 bridgehead atoms. The first kappa shape index (κ1) is 22.8. The van der Waals surface area contributed by atoms with E-state index in [1.54, 1.807) is 7.05 Å².